The van der Waals surface area contributed by atoms with Crippen molar-refractivity contribution in [1.29, 1.82) is 0 Å². The lowest BCUT2D eigenvalue weighted by Crippen LogP contribution is -2.34. The zero-order valence-electron chi connectivity index (χ0n) is 9.80. The van der Waals surface area contributed by atoms with E-state index in [2.05, 4.69) is 12.2 Å². The average Bonchev–Trinajstić information content (AvgIpc) is 2.29. The SMILES string of the molecule is CCCCNC(=O)C1CCC(CN)CC1. The summed E-state index contributed by atoms with van der Waals surface area (Å²) in [7, 11) is 0. The second-order valence-corrected chi connectivity index (χ2v) is 4.60. The molecule has 0 unspecified atom stereocenters. The lowest BCUT2D eigenvalue weighted by molar-refractivity contribution is -0.126. The fourth-order valence-corrected chi connectivity index (χ4v) is 2.19. The third kappa shape index (κ3) is 4.20. The molecule has 0 aromatic carbocycles. The molecule has 15 heavy (non-hydrogen) atoms. The quantitative estimate of drug-likeness (QED) is 0.681. The summed E-state index contributed by atoms with van der Waals surface area (Å²) in [5, 5.41) is 3.02. The zero-order chi connectivity index (χ0) is 11.1. The van der Waals surface area contributed by atoms with Crippen LogP contribution < -0.4 is 11.1 Å². The number of carbonyl (C=O) groups is 1. The molecule has 0 atom stereocenters. The predicted molar refractivity (Wildman–Crippen MR) is 62.4 cm³/mol. The second-order valence-electron chi connectivity index (χ2n) is 4.60. The molecule has 0 spiro atoms. The molecule has 1 saturated carbocycles. The van der Waals surface area contributed by atoms with Crippen LogP contribution in [-0.4, -0.2) is 19.0 Å². The van der Waals surface area contributed by atoms with E-state index in [4.69, 9.17) is 5.73 Å². The van der Waals surface area contributed by atoms with E-state index >= 15 is 0 Å². The Morgan fingerprint density at radius 3 is 2.53 bits per heavy atom. The summed E-state index contributed by atoms with van der Waals surface area (Å²) in [6, 6.07) is 0. The first-order valence-corrected chi connectivity index (χ1v) is 6.25. The first kappa shape index (κ1) is 12.5. The summed E-state index contributed by atoms with van der Waals surface area (Å²) in [4.78, 5) is 11.7. The minimum Gasteiger partial charge on any atom is -0.356 e. The summed E-state index contributed by atoms with van der Waals surface area (Å²) in [5.74, 6) is 1.17. The van der Waals surface area contributed by atoms with Crippen molar-refractivity contribution in [3.63, 3.8) is 0 Å². The van der Waals surface area contributed by atoms with E-state index in [1.807, 2.05) is 0 Å². The summed E-state index contributed by atoms with van der Waals surface area (Å²) >= 11 is 0. The highest BCUT2D eigenvalue weighted by molar-refractivity contribution is 5.78. The number of amides is 1. The summed E-state index contributed by atoms with van der Waals surface area (Å²) in [6.07, 6.45) is 6.54. The smallest absolute Gasteiger partial charge is 0.223 e. The van der Waals surface area contributed by atoms with Crippen LogP contribution in [0.15, 0.2) is 0 Å². The normalized spacial score (nSPS) is 26.3. The maximum atomic E-state index is 11.7. The molecule has 1 fully saturated rings. The van der Waals surface area contributed by atoms with Crippen molar-refractivity contribution in [1.82, 2.24) is 5.32 Å². The van der Waals surface area contributed by atoms with Crippen molar-refractivity contribution >= 4 is 5.91 Å². The van der Waals surface area contributed by atoms with E-state index in [1.165, 1.54) is 0 Å². The molecule has 1 aliphatic rings. The molecule has 0 bridgehead atoms. The zero-order valence-corrected chi connectivity index (χ0v) is 9.80. The molecule has 0 heterocycles. The Hall–Kier alpha value is -0.570. The predicted octanol–water partition coefficient (Wildman–Crippen LogP) is 1.67. The highest BCUT2D eigenvalue weighted by Crippen LogP contribution is 2.27. The van der Waals surface area contributed by atoms with Crippen LogP contribution in [0.2, 0.25) is 0 Å². The Balaban J connectivity index is 2.18. The van der Waals surface area contributed by atoms with Crippen LogP contribution in [0.1, 0.15) is 45.4 Å². The second kappa shape index (κ2) is 6.83. The van der Waals surface area contributed by atoms with Crippen molar-refractivity contribution < 1.29 is 4.79 Å². The van der Waals surface area contributed by atoms with Gasteiger partial charge in [-0.2, -0.15) is 0 Å². The van der Waals surface area contributed by atoms with Gasteiger partial charge in [-0.1, -0.05) is 13.3 Å². The minimum atomic E-state index is 0.254. The van der Waals surface area contributed by atoms with Crippen LogP contribution in [-0.2, 0) is 4.79 Å². The number of hydrogen-bond donors (Lipinski definition) is 2. The van der Waals surface area contributed by atoms with Crippen LogP contribution in [0, 0.1) is 11.8 Å². The molecular weight excluding hydrogens is 188 g/mol. The van der Waals surface area contributed by atoms with Crippen molar-refractivity contribution in [2.45, 2.75) is 45.4 Å². The van der Waals surface area contributed by atoms with Gasteiger partial charge in [-0.05, 0) is 44.6 Å². The summed E-state index contributed by atoms with van der Waals surface area (Å²) in [5.41, 5.74) is 5.62. The van der Waals surface area contributed by atoms with Gasteiger partial charge in [-0.15, -0.1) is 0 Å². The molecule has 0 aromatic heterocycles. The average molecular weight is 212 g/mol. The number of nitrogens with one attached hydrogen (secondary N) is 1. The van der Waals surface area contributed by atoms with Crippen molar-refractivity contribution in [2.24, 2.45) is 17.6 Å². The summed E-state index contributed by atoms with van der Waals surface area (Å²) < 4.78 is 0. The molecular formula is C12H24N2O. The highest BCUT2D eigenvalue weighted by atomic mass is 16.1. The van der Waals surface area contributed by atoms with E-state index in [0.717, 1.165) is 51.6 Å². The molecule has 1 aliphatic carbocycles. The van der Waals surface area contributed by atoms with Gasteiger partial charge in [0.1, 0.15) is 0 Å². The maximum Gasteiger partial charge on any atom is 0.223 e. The maximum absolute atomic E-state index is 11.7. The van der Waals surface area contributed by atoms with E-state index in [-0.39, 0.29) is 11.8 Å². The van der Waals surface area contributed by atoms with Crippen LogP contribution >= 0.6 is 0 Å². The Morgan fingerprint density at radius 1 is 1.33 bits per heavy atom. The Bertz CT molecular complexity index is 186. The topological polar surface area (TPSA) is 55.1 Å². The standard InChI is InChI=1S/C12H24N2O/c1-2-3-8-14-12(15)11-6-4-10(9-13)5-7-11/h10-11H,2-9,13H2,1H3,(H,14,15). The lowest BCUT2D eigenvalue weighted by atomic mass is 9.81. The number of hydrogen-bond acceptors (Lipinski definition) is 2. The van der Waals surface area contributed by atoms with Crippen molar-refractivity contribution in [3.8, 4) is 0 Å². The van der Waals surface area contributed by atoms with Crippen LogP contribution in [0.3, 0.4) is 0 Å². The number of rotatable bonds is 5. The van der Waals surface area contributed by atoms with Gasteiger partial charge in [0.25, 0.3) is 0 Å². The van der Waals surface area contributed by atoms with Crippen molar-refractivity contribution in [3.05, 3.63) is 0 Å². The Labute approximate surface area is 92.8 Å². The van der Waals surface area contributed by atoms with E-state index < -0.39 is 0 Å². The Kier molecular flexibility index (Phi) is 5.69. The van der Waals surface area contributed by atoms with Gasteiger partial charge in [-0.3, -0.25) is 4.79 Å². The van der Waals surface area contributed by atoms with Crippen molar-refractivity contribution in [2.75, 3.05) is 13.1 Å². The van der Waals surface area contributed by atoms with Gasteiger partial charge in [0.05, 0.1) is 0 Å². The molecule has 1 amide bonds. The van der Waals surface area contributed by atoms with Crippen LogP contribution in [0.4, 0.5) is 0 Å². The minimum absolute atomic E-state index is 0.254. The third-order valence-corrected chi connectivity index (χ3v) is 3.38. The number of carbonyl (C=O) groups excluding carboxylic acids is 1. The van der Waals surface area contributed by atoms with Gasteiger partial charge in [0.2, 0.25) is 5.91 Å². The highest BCUT2D eigenvalue weighted by Gasteiger charge is 2.24. The molecule has 0 aromatic rings. The molecule has 3 nitrogen and oxygen atoms in total. The van der Waals surface area contributed by atoms with Gasteiger partial charge >= 0.3 is 0 Å². The van der Waals surface area contributed by atoms with E-state index in [1.54, 1.807) is 0 Å². The summed E-state index contributed by atoms with van der Waals surface area (Å²) in [6.45, 7) is 3.76. The number of nitrogens with two attached hydrogens (primary N) is 1. The molecule has 0 saturated heterocycles. The van der Waals surface area contributed by atoms with Crippen LogP contribution in [0.5, 0.6) is 0 Å². The molecule has 0 aliphatic heterocycles. The fraction of sp³-hybridized carbons (Fsp3) is 0.917. The first-order valence-electron chi connectivity index (χ1n) is 6.25. The van der Waals surface area contributed by atoms with E-state index in [9.17, 15) is 4.79 Å². The fourth-order valence-electron chi connectivity index (χ4n) is 2.19. The van der Waals surface area contributed by atoms with Crippen LogP contribution in [0.25, 0.3) is 0 Å². The first-order chi connectivity index (χ1) is 7.27. The lowest BCUT2D eigenvalue weighted by Gasteiger charge is -2.26. The molecule has 88 valence electrons. The monoisotopic (exact) mass is 212 g/mol. The number of unbranched alkanes of at least 4 members (excludes halogenated alkanes) is 1. The van der Waals surface area contributed by atoms with Gasteiger partial charge in [0.15, 0.2) is 0 Å². The molecule has 1 rings (SSSR count). The van der Waals surface area contributed by atoms with E-state index in [0.29, 0.717) is 5.92 Å². The largest absolute Gasteiger partial charge is 0.356 e. The molecule has 3 heteroatoms. The van der Waals surface area contributed by atoms with Gasteiger partial charge < -0.3 is 11.1 Å². The third-order valence-electron chi connectivity index (χ3n) is 3.38. The van der Waals surface area contributed by atoms with Gasteiger partial charge in [0, 0.05) is 12.5 Å². The molecule has 0 radical (unpaired) electrons. The Morgan fingerprint density at radius 2 is 2.00 bits per heavy atom. The molecule has 3 N–H and O–H groups in total. The van der Waals surface area contributed by atoms with Gasteiger partial charge in [-0.25, -0.2) is 0 Å².